The van der Waals surface area contributed by atoms with E-state index in [0.29, 0.717) is 24.2 Å². The number of aryl methyl sites for hydroxylation is 3. The monoisotopic (exact) mass is 761 g/mol. The van der Waals surface area contributed by atoms with Crippen molar-refractivity contribution in [2.75, 3.05) is 19.6 Å². The van der Waals surface area contributed by atoms with Crippen molar-refractivity contribution in [2.24, 2.45) is 5.73 Å². The molecular weight excluding hydrogens is 707 g/mol. The summed E-state index contributed by atoms with van der Waals surface area (Å²) in [7, 11) is 0. The molecule has 6 N–H and O–H groups in total. The van der Waals surface area contributed by atoms with Gasteiger partial charge in [-0.25, -0.2) is 9.59 Å². The largest absolute Gasteiger partial charge is 0.478 e. The third-order valence-corrected chi connectivity index (χ3v) is 8.40. The zero-order valence-corrected chi connectivity index (χ0v) is 31.1. The highest BCUT2D eigenvalue weighted by molar-refractivity contribution is 6.07. The van der Waals surface area contributed by atoms with Gasteiger partial charge in [0.1, 0.15) is 0 Å². The Hall–Kier alpha value is -6.20. The van der Waals surface area contributed by atoms with Crippen molar-refractivity contribution in [2.45, 2.75) is 65.2 Å². The third kappa shape index (κ3) is 17.7. The molecule has 0 radical (unpaired) electrons. The van der Waals surface area contributed by atoms with Crippen molar-refractivity contribution in [3.63, 3.8) is 0 Å². The molecule has 11 heteroatoms. The highest BCUT2D eigenvalue weighted by atomic mass is 16.4. The molecule has 0 aliphatic carbocycles. The predicted molar refractivity (Wildman–Crippen MR) is 221 cm³/mol. The molecule has 0 atom stereocenters. The van der Waals surface area contributed by atoms with Crippen LogP contribution in [-0.4, -0.2) is 63.6 Å². The molecule has 2 amide bonds. The van der Waals surface area contributed by atoms with Crippen LogP contribution in [0.3, 0.4) is 0 Å². The van der Waals surface area contributed by atoms with E-state index in [2.05, 4.69) is 69.1 Å². The van der Waals surface area contributed by atoms with Crippen molar-refractivity contribution in [1.29, 1.82) is 0 Å². The zero-order valence-electron chi connectivity index (χ0n) is 31.1. The Labute approximate surface area is 330 Å². The smallest absolute Gasteiger partial charge is 0.338 e. The number of benzene rings is 3. The fourth-order valence-corrected chi connectivity index (χ4v) is 5.43. The fraction of sp³-hybridized carbons (Fsp3) is 0.289. The molecule has 0 saturated carbocycles. The first-order valence-corrected chi connectivity index (χ1v) is 18.5. The van der Waals surface area contributed by atoms with Gasteiger partial charge in [0.15, 0.2) is 0 Å². The molecule has 0 spiro atoms. The van der Waals surface area contributed by atoms with Crippen molar-refractivity contribution >= 4 is 23.8 Å². The minimum absolute atomic E-state index is 0. The molecule has 56 heavy (non-hydrogen) atoms. The second kappa shape index (κ2) is 27.4. The Kier molecular flexibility index (Phi) is 22.5. The van der Waals surface area contributed by atoms with E-state index in [4.69, 9.17) is 15.9 Å². The summed E-state index contributed by atoms with van der Waals surface area (Å²) in [5.74, 6) is -3.05. The van der Waals surface area contributed by atoms with Crippen molar-refractivity contribution in [3.8, 4) is 0 Å². The van der Waals surface area contributed by atoms with E-state index in [9.17, 15) is 19.2 Å². The van der Waals surface area contributed by atoms with E-state index < -0.39 is 11.9 Å². The van der Waals surface area contributed by atoms with Crippen LogP contribution in [0.15, 0.2) is 128 Å². The van der Waals surface area contributed by atoms with Gasteiger partial charge in [-0.3, -0.25) is 19.6 Å². The molecule has 0 aliphatic rings. The van der Waals surface area contributed by atoms with E-state index in [0.717, 1.165) is 70.2 Å². The van der Waals surface area contributed by atoms with Gasteiger partial charge in [0.25, 0.3) is 11.8 Å². The second-order valence-corrected chi connectivity index (χ2v) is 12.6. The summed E-state index contributed by atoms with van der Waals surface area (Å²) in [6.07, 6.45) is 14.5. The molecule has 0 aliphatic heterocycles. The van der Waals surface area contributed by atoms with Gasteiger partial charge in [0.2, 0.25) is 0 Å². The molecule has 0 fully saturated rings. The van der Waals surface area contributed by atoms with Gasteiger partial charge in [0, 0.05) is 37.9 Å². The number of carbonyl (C=O) groups is 4. The summed E-state index contributed by atoms with van der Waals surface area (Å²) in [5, 5.41) is 22.9. The van der Waals surface area contributed by atoms with E-state index in [1.54, 1.807) is 12.3 Å². The second-order valence-electron chi connectivity index (χ2n) is 12.6. The number of unbranched alkanes of at least 4 members (excludes halogenated alkanes) is 3. The van der Waals surface area contributed by atoms with Crippen LogP contribution in [0.1, 0.15) is 104 Å². The SMILES string of the molecule is C.NCCCCc1ccccc1.O=C(NCCCCc1ccccc1)c1ccncc1C(=O)NCCCCc1ccccc1.O=C(O)c1ccncc1C(=O)O. The summed E-state index contributed by atoms with van der Waals surface area (Å²) in [6.45, 7) is 1.96. The number of nitrogens with two attached hydrogens (primary N) is 1. The fourth-order valence-electron chi connectivity index (χ4n) is 5.43. The third-order valence-electron chi connectivity index (χ3n) is 8.40. The number of carbonyl (C=O) groups excluding carboxylic acids is 2. The van der Waals surface area contributed by atoms with Crippen LogP contribution < -0.4 is 16.4 Å². The molecule has 296 valence electrons. The summed E-state index contributed by atoms with van der Waals surface area (Å²) in [4.78, 5) is 53.6. The number of amides is 2. The number of hydrogen-bond donors (Lipinski definition) is 5. The van der Waals surface area contributed by atoms with Crippen molar-refractivity contribution in [1.82, 2.24) is 20.6 Å². The van der Waals surface area contributed by atoms with Crippen LogP contribution in [0.4, 0.5) is 0 Å². The van der Waals surface area contributed by atoms with Gasteiger partial charge in [-0.15, -0.1) is 0 Å². The molecule has 11 nitrogen and oxygen atoms in total. The Morgan fingerprint density at radius 2 is 0.857 bits per heavy atom. The van der Waals surface area contributed by atoms with Gasteiger partial charge < -0.3 is 26.6 Å². The zero-order chi connectivity index (χ0) is 39.5. The molecule has 2 aromatic heterocycles. The van der Waals surface area contributed by atoms with Gasteiger partial charge in [-0.2, -0.15) is 0 Å². The number of hydrogen-bond acceptors (Lipinski definition) is 7. The van der Waals surface area contributed by atoms with Crippen LogP contribution >= 0.6 is 0 Å². The first-order chi connectivity index (χ1) is 26.8. The Morgan fingerprint density at radius 3 is 1.25 bits per heavy atom. The summed E-state index contributed by atoms with van der Waals surface area (Å²) >= 11 is 0. The van der Waals surface area contributed by atoms with Crippen LogP contribution in [0.25, 0.3) is 0 Å². The molecule has 0 saturated heterocycles. The van der Waals surface area contributed by atoms with Crippen LogP contribution in [0.5, 0.6) is 0 Å². The lowest BCUT2D eigenvalue weighted by molar-refractivity contribution is 0.0651. The maximum absolute atomic E-state index is 12.6. The standard InChI is InChI=1S/C27H31N3O2.C10H15N.C7H5NO4.CH4/c31-26(29-18-9-7-15-22-11-3-1-4-12-22)24-17-20-28-21-25(24)27(32)30-19-10-8-16-23-13-5-2-6-14-23;11-9-5-4-8-10-6-2-1-3-7-10;9-6(10)4-1-2-8-3-5(4)7(11)12;/h1-6,11-14,17,20-21H,7-10,15-16,18-19H2,(H,29,31)(H,30,32);1-3,6-7H,4-5,8-9,11H2;1-3H,(H,9,10)(H,11,12);1H4. The summed E-state index contributed by atoms with van der Waals surface area (Å²) in [6, 6.07) is 33.9. The predicted octanol–water partition coefficient (Wildman–Crippen LogP) is 7.67. The quantitative estimate of drug-likeness (QED) is 0.0559. The Bertz CT molecular complexity index is 1760. The maximum Gasteiger partial charge on any atom is 0.338 e. The van der Waals surface area contributed by atoms with E-state index in [1.807, 2.05) is 42.5 Å². The van der Waals surface area contributed by atoms with Gasteiger partial charge in [0.05, 0.1) is 22.3 Å². The lowest BCUT2D eigenvalue weighted by Crippen LogP contribution is -2.30. The number of aromatic carboxylic acids is 2. The number of nitrogens with zero attached hydrogens (tertiary/aromatic N) is 2. The minimum atomic E-state index is -1.29. The first kappa shape index (κ1) is 46.0. The summed E-state index contributed by atoms with van der Waals surface area (Å²) < 4.78 is 0. The highest BCUT2D eigenvalue weighted by Gasteiger charge is 2.17. The lowest BCUT2D eigenvalue weighted by atomic mass is 10.1. The topological polar surface area (TPSA) is 185 Å². The first-order valence-electron chi connectivity index (χ1n) is 18.5. The molecule has 5 aromatic rings. The van der Waals surface area contributed by atoms with Crippen LogP contribution in [0.2, 0.25) is 0 Å². The van der Waals surface area contributed by atoms with E-state index in [1.165, 1.54) is 35.5 Å². The molecule has 3 aromatic carbocycles. The van der Waals surface area contributed by atoms with E-state index in [-0.39, 0.29) is 30.4 Å². The minimum Gasteiger partial charge on any atom is -0.478 e. The van der Waals surface area contributed by atoms with Crippen molar-refractivity contribution < 1.29 is 29.4 Å². The average Bonchev–Trinajstić information content (AvgIpc) is 3.22. The van der Waals surface area contributed by atoms with E-state index >= 15 is 0 Å². The highest BCUT2D eigenvalue weighted by Crippen LogP contribution is 2.10. The number of nitrogens with one attached hydrogen (secondary N) is 2. The molecule has 5 rings (SSSR count). The van der Waals surface area contributed by atoms with Gasteiger partial charge in [-0.1, -0.05) is 98.4 Å². The van der Waals surface area contributed by atoms with Crippen LogP contribution in [-0.2, 0) is 19.3 Å². The number of pyridine rings is 2. The van der Waals surface area contributed by atoms with Gasteiger partial charge >= 0.3 is 11.9 Å². The number of rotatable bonds is 18. The van der Waals surface area contributed by atoms with Crippen molar-refractivity contribution in [3.05, 3.63) is 167 Å². The number of carboxylic acids is 2. The lowest BCUT2D eigenvalue weighted by Gasteiger charge is -2.10. The Morgan fingerprint density at radius 1 is 0.482 bits per heavy atom. The molecule has 0 unspecified atom stereocenters. The Balaban J connectivity index is 0.000000367. The number of carboxylic acid groups (broad SMARTS) is 2. The van der Waals surface area contributed by atoms with Gasteiger partial charge in [-0.05, 0) is 93.2 Å². The molecular formula is C45H55N5O6. The normalized spacial score (nSPS) is 9.95. The van der Waals surface area contributed by atoms with Crippen LogP contribution in [0, 0.1) is 0 Å². The maximum atomic E-state index is 12.6. The average molecular weight is 762 g/mol. The molecule has 2 heterocycles. The molecule has 0 bridgehead atoms. The summed E-state index contributed by atoms with van der Waals surface area (Å²) in [5.41, 5.74) is 9.54. The number of aromatic nitrogens is 2.